The Morgan fingerprint density at radius 2 is 1.47 bits per heavy atom. The van der Waals surface area contributed by atoms with Crippen LogP contribution in [0.3, 0.4) is 0 Å². The molecule has 6 nitrogen and oxygen atoms in total. The van der Waals surface area contributed by atoms with E-state index in [0.29, 0.717) is 11.5 Å². The maximum Gasteiger partial charge on any atom is 2.00 e. The van der Waals surface area contributed by atoms with Gasteiger partial charge in [-0.1, -0.05) is 95.6 Å². The summed E-state index contributed by atoms with van der Waals surface area (Å²) in [6.45, 7) is 13.3. The Morgan fingerprint density at radius 3 is 2.18 bits per heavy atom. The fraction of sp³-hybridized carbons (Fsp3) is 0.238. The van der Waals surface area contributed by atoms with E-state index in [1.54, 1.807) is 13.3 Å². The molecule has 3 heterocycles. The van der Waals surface area contributed by atoms with Gasteiger partial charge in [0, 0.05) is 34.8 Å². The minimum atomic E-state index is 0. The zero-order valence-corrected chi connectivity index (χ0v) is 30.4. The van der Waals surface area contributed by atoms with E-state index in [4.69, 9.17) is 19.6 Å². The van der Waals surface area contributed by atoms with Crippen molar-refractivity contribution in [2.24, 2.45) is 0 Å². The number of methoxy groups -OCH3 is 1. The SMILES string of the molecule is COc1ccnc(-n2c3[c-]c(Oc4[c-]c(-n5nc(C(C)C)c(-c6ccccc6)c5C(C)C)cc(C(C)C)c4)ccc3c3ccccc32)c1.[Pd+2]. The van der Waals surface area contributed by atoms with Crippen LogP contribution in [0.1, 0.15) is 76.2 Å². The Labute approximate surface area is 302 Å². The first-order valence-electron chi connectivity index (χ1n) is 16.6. The number of aromatic nitrogens is 4. The molecule has 0 amide bonds. The van der Waals surface area contributed by atoms with Gasteiger partial charge in [-0.15, -0.1) is 41.3 Å². The third kappa shape index (κ3) is 6.42. The summed E-state index contributed by atoms with van der Waals surface area (Å²) in [6.07, 6.45) is 1.76. The molecule has 4 aromatic carbocycles. The predicted molar refractivity (Wildman–Crippen MR) is 194 cm³/mol. The van der Waals surface area contributed by atoms with E-state index >= 15 is 0 Å². The molecule has 0 fully saturated rings. The van der Waals surface area contributed by atoms with Crippen molar-refractivity contribution in [3.63, 3.8) is 0 Å². The summed E-state index contributed by atoms with van der Waals surface area (Å²) in [5, 5.41) is 7.43. The van der Waals surface area contributed by atoms with E-state index in [1.807, 2.05) is 24.3 Å². The maximum absolute atomic E-state index is 6.63. The summed E-state index contributed by atoms with van der Waals surface area (Å²) >= 11 is 0. The van der Waals surface area contributed by atoms with E-state index in [9.17, 15) is 0 Å². The van der Waals surface area contributed by atoms with Gasteiger partial charge in [0.25, 0.3) is 0 Å². The number of fused-ring (bicyclic) bond motifs is 3. The molecular formula is C42H40N4O2Pd. The summed E-state index contributed by atoms with van der Waals surface area (Å²) in [5.74, 6) is 3.44. The van der Waals surface area contributed by atoms with Crippen LogP contribution in [0.2, 0.25) is 0 Å². The average Bonchev–Trinajstić information content (AvgIpc) is 3.66. The number of hydrogen-bond acceptors (Lipinski definition) is 4. The molecule has 0 saturated heterocycles. The van der Waals surface area contributed by atoms with Crippen molar-refractivity contribution < 1.29 is 29.9 Å². The fourth-order valence-corrected chi connectivity index (χ4v) is 6.46. The van der Waals surface area contributed by atoms with Gasteiger partial charge in [0.1, 0.15) is 11.6 Å². The standard InChI is InChI=1S/C42H40N4O2.Pd/c1-26(2)30-21-31(46-42(28(5)6)40(41(44-46)27(3)4)29-13-9-8-10-14-29)23-34(22-30)48-33-17-18-36-35-15-11-12-16-37(35)45(38(36)24-33)39-25-32(47-7)19-20-43-39;/h8-22,25-28H,1-7H3;/q-2;+2. The van der Waals surface area contributed by atoms with Crippen molar-refractivity contribution in [1.29, 1.82) is 0 Å². The van der Waals surface area contributed by atoms with Gasteiger partial charge in [-0.25, -0.2) is 4.98 Å². The predicted octanol–water partition coefficient (Wildman–Crippen LogP) is 10.8. The van der Waals surface area contributed by atoms with E-state index in [0.717, 1.165) is 56.0 Å². The molecule has 49 heavy (non-hydrogen) atoms. The van der Waals surface area contributed by atoms with E-state index in [1.165, 1.54) is 11.1 Å². The van der Waals surface area contributed by atoms with Crippen LogP contribution in [0.4, 0.5) is 0 Å². The van der Waals surface area contributed by atoms with Gasteiger partial charge < -0.3 is 14.0 Å². The molecule has 0 unspecified atom stereocenters. The third-order valence-electron chi connectivity index (χ3n) is 8.81. The zero-order chi connectivity index (χ0) is 33.5. The van der Waals surface area contributed by atoms with Crippen molar-refractivity contribution in [1.82, 2.24) is 19.3 Å². The van der Waals surface area contributed by atoms with E-state index in [-0.39, 0.29) is 38.2 Å². The molecular weight excluding hydrogens is 699 g/mol. The van der Waals surface area contributed by atoms with Crippen molar-refractivity contribution in [3.8, 4) is 39.9 Å². The first-order chi connectivity index (χ1) is 23.2. The quantitative estimate of drug-likeness (QED) is 0.109. The molecule has 0 atom stereocenters. The van der Waals surface area contributed by atoms with Crippen LogP contribution in [0.5, 0.6) is 17.2 Å². The van der Waals surface area contributed by atoms with Gasteiger partial charge >= 0.3 is 20.4 Å². The van der Waals surface area contributed by atoms with Crippen LogP contribution in [-0.4, -0.2) is 26.4 Å². The number of benzene rings is 4. The van der Waals surface area contributed by atoms with Crippen molar-refractivity contribution >= 4 is 21.8 Å². The van der Waals surface area contributed by atoms with Crippen LogP contribution in [-0.2, 0) is 20.4 Å². The average molecular weight is 739 g/mol. The number of rotatable bonds is 9. The van der Waals surface area contributed by atoms with Crippen LogP contribution in [0.25, 0.3) is 44.4 Å². The molecule has 0 N–H and O–H groups in total. The molecule has 250 valence electrons. The summed E-state index contributed by atoms with van der Waals surface area (Å²) in [4.78, 5) is 4.69. The molecule has 0 bridgehead atoms. The Bertz CT molecular complexity index is 2250. The first kappa shape index (κ1) is 34.2. The largest absolute Gasteiger partial charge is 2.00 e. The van der Waals surface area contributed by atoms with Gasteiger partial charge in [0.05, 0.1) is 18.5 Å². The number of hydrogen-bond donors (Lipinski definition) is 0. The molecule has 0 saturated carbocycles. The number of nitrogens with zero attached hydrogens (tertiary/aromatic N) is 4. The van der Waals surface area contributed by atoms with E-state index in [2.05, 4.69) is 130 Å². The molecule has 0 aliphatic carbocycles. The van der Waals surface area contributed by atoms with Gasteiger partial charge in [0.15, 0.2) is 0 Å². The first-order valence-corrected chi connectivity index (χ1v) is 16.6. The normalized spacial score (nSPS) is 11.6. The Balaban J connectivity index is 0.00000417. The fourth-order valence-electron chi connectivity index (χ4n) is 6.46. The number of para-hydroxylation sites is 1. The summed E-state index contributed by atoms with van der Waals surface area (Å²) in [7, 11) is 1.67. The van der Waals surface area contributed by atoms with Gasteiger partial charge in [-0.2, -0.15) is 11.2 Å². The van der Waals surface area contributed by atoms with Crippen LogP contribution < -0.4 is 9.47 Å². The molecule has 0 aliphatic rings. The summed E-state index contributed by atoms with van der Waals surface area (Å²) < 4.78 is 16.4. The minimum Gasteiger partial charge on any atom is -0.509 e. The van der Waals surface area contributed by atoms with Crippen LogP contribution >= 0.6 is 0 Å². The molecule has 7 rings (SSSR count). The molecule has 0 aliphatic heterocycles. The minimum absolute atomic E-state index is 0. The molecule has 0 radical (unpaired) electrons. The zero-order valence-electron chi connectivity index (χ0n) is 28.9. The van der Waals surface area contributed by atoms with E-state index < -0.39 is 0 Å². The van der Waals surface area contributed by atoms with Gasteiger partial charge in [-0.3, -0.25) is 4.68 Å². The topological polar surface area (TPSA) is 54.1 Å². The third-order valence-corrected chi connectivity index (χ3v) is 8.81. The molecule has 7 heteroatoms. The molecule has 0 spiro atoms. The van der Waals surface area contributed by atoms with Crippen molar-refractivity contribution in [2.45, 2.75) is 59.3 Å². The second-order valence-corrected chi connectivity index (χ2v) is 13.1. The Morgan fingerprint density at radius 1 is 0.714 bits per heavy atom. The summed E-state index contributed by atoms with van der Waals surface area (Å²) in [6, 6.07) is 38.2. The maximum atomic E-state index is 6.63. The molecule has 7 aromatic rings. The van der Waals surface area contributed by atoms with Gasteiger partial charge in [0.2, 0.25) is 0 Å². The summed E-state index contributed by atoms with van der Waals surface area (Å²) in [5.41, 5.74) is 8.53. The monoisotopic (exact) mass is 738 g/mol. The van der Waals surface area contributed by atoms with Crippen molar-refractivity contribution in [2.75, 3.05) is 7.11 Å². The smallest absolute Gasteiger partial charge is 0.509 e. The van der Waals surface area contributed by atoms with Crippen molar-refractivity contribution in [3.05, 3.63) is 126 Å². The Hall–Kier alpha value is -4.70. The molecule has 3 aromatic heterocycles. The van der Waals surface area contributed by atoms with Crippen LogP contribution in [0.15, 0.2) is 97.2 Å². The number of pyridine rings is 1. The second kappa shape index (κ2) is 14.0. The second-order valence-electron chi connectivity index (χ2n) is 13.1. The van der Waals surface area contributed by atoms with Crippen LogP contribution in [0, 0.1) is 12.1 Å². The van der Waals surface area contributed by atoms with Gasteiger partial charge in [-0.05, 0) is 46.5 Å². The Kier molecular flexibility index (Phi) is 9.79. The number of ether oxygens (including phenoxy) is 2.